The van der Waals surface area contributed by atoms with Gasteiger partial charge < -0.3 is 10.5 Å². The van der Waals surface area contributed by atoms with Crippen molar-refractivity contribution < 1.29 is 9.13 Å². The van der Waals surface area contributed by atoms with Crippen molar-refractivity contribution in [2.45, 2.75) is 10.6 Å². The minimum atomic E-state index is -0.266. The molecule has 0 aliphatic rings. The highest BCUT2D eigenvalue weighted by Crippen LogP contribution is 2.33. The zero-order chi connectivity index (χ0) is 13.0. The first-order valence-corrected chi connectivity index (χ1v) is 6.49. The Balaban J connectivity index is 2.16. The molecular weight excluding hydrogens is 249 g/mol. The van der Waals surface area contributed by atoms with Crippen LogP contribution in [0.15, 0.2) is 47.4 Å². The molecule has 0 fully saturated rings. The molecule has 2 N–H and O–H groups in total. The van der Waals surface area contributed by atoms with Crippen LogP contribution in [0.25, 0.3) is 0 Å². The van der Waals surface area contributed by atoms with Gasteiger partial charge in [0, 0.05) is 21.9 Å². The molecule has 0 radical (unpaired) electrons. The van der Waals surface area contributed by atoms with Crippen LogP contribution in [-0.2, 0) is 5.75 Å². The zero-order valence-corrected chi connectivity index (χ0v) is 10.8. The first-order valence-electron chi connectivity index (χ1n) is 5.51. The molecule has 0 saturated carbocycles. The molecule has 18 heavy (non-hydrogen) atoms. The highest BCUT2D eigenvalue weighted by molar-refractivity contribution is 7.98. The number of thioether (sulfide) groups is 1. The Hall–Kier alpha value is -1.68. The van der Waals surface area contributed by atoms with E-state index in [1.165, 1.54) is 17.8 Å². The number of ether oxygens (including phenoxy) is 1. The van der Waals surface area contributed by atoms with E-state index in [2.05, 4.69) is 0 Å². The number of benzene rings is 2. The summed E-state index contributed by atoms with van der Waals surface area (Å²) in [6, 6.07) is 12.4. The topological polar surface area (TPSA) is 35.2 Å². The molecule has 94 valence electrons. The molecule has 2 nitrogen and oxygen atoms in total. The molecule has 4 heteroatoms. The molecule has 0 aliphatic carbocycles. The Morgan fingerprint density at radius 3 is 2.67 bits per heavy atom. The van der Waals surface area contributed by atoms with E-state index in [1.807, 2.05) is 24.3 Å². The summed E-state index contributed by atoms with van der Waals surface area (Å²) in [6.07, 6.45) is 0. The van der Waals surface area contributed by atoms with Gasteiger partial charge in [0.15, 0.2) is 0 Å². The summed E-state index contributed by atoms with van der Waals surface area (Å²) < 4.78 is 18.9. The fourth-order valence-electron chi connectivity index (χ4n) is 1.62. The summed E-state index contributed by atoms with van der Waals surface area (Å²) >= 11 is 1.51. The average molecular weight is 263 g/mol. The van der Waals surface area contributed by atoms with Gasteiger partial charge in [-0.3, -0.25) is 0 Å². The number of hydrogen-bond acceptors (Lipinski definition) is 3. The molecule has 2 rings (SSSR count). The molecule has 0 unspecified atom stereocenters. The summed E-state index contributed by atoms with van der Waals surface area (Å²) in [4.78, 5) is 0.975. The van der Waals surface area contributed by atoms with Crippen LogP contribution in [0.5, 0.6) is 5.75 Å². The van der Waals surface area contributed by atoms with Crippen molar-refractivity contribution in [2.24, 2.45) is 0 Å². The van der Waals surface area contributed by atoms with E-state index in [0.717, 1.165) is 10.6 Å². The van der Waals surface area contributed by atoms with E-state index in [-0.39, 0.29) is 5.82 Å². The smallest absolute Gasteiger partial charge is 0.132 e. The van der Waals surface area contributed by atoms with Gasteiger partial charge in [0.1, 0.15) is 11.6 Å². The van der Waals surface area contributed by atoms with E-state index in [9.17, 15) is 4.39 Å². The highest BCUT2D eigenvalue weighted by atomic mass is 32.2. The lowest BCUT2D eigenvalue weighted by atomic mass is 10.2. The number of anilines is 1. The van der Waals surface area contributed by atoms with Crippen molar-refractivity contribution in [1.29, 1.82) is 0 Å². The minimum Gasteiger partial charge on any atom is -0.496 e. The fourth-order valence-corrected chi connectivity index (χ4v) is 2.69. The Bertz CT molecular complexity index is 525. The summed E-state index contributed by atoms with van der Waals surface area (Å²) in [7, 11) is 1.62. The maximum absolute atomic E-state index is 13.6. The SMILES string of the molecule is COc1ccccc1SCc1c(N)cccc1F. The molecule has 0 saturated heterocycles. The van der Waals surface area contributed by atoms with Crippen molar-refractivity contribution in [3.63, 3.8) is 0 Å². The van der Waals surface area contributed by atoms with E-state index in [1.54, 1.807) is 19.2 Å². The summed E-state index contributed by atoms with van der Waals surface area (Å²) in [5, 5.41) is 0. The van der Waals surface area contributed by atoms with Gasteiger partial charge in [-0.1, -0.05) is 18.2 Å². The standard InChI is InChI=1S/C14H14FNOS/c1-17-13-7-2-3-8-14(13)18-9-10-11(15)5-4-6-12(10)16/h2-8H,9,16H2,1H3. The van der Waals surface area contributed by atoms with Gasteiger partial charge in [-0.2, -0.15) is 0 Å². The number of halogens is 1. The molecule has 2 aromatic carbocycles. The predicted molar refractivity (Wildman–Crippen MR) is 73.4 cm³/mol. The number of nitrogens with two attached hydrogens (primary N) is 1. The fraction of sp³-hybridized carbons (Fsp3) is 0.143. The van der Waals surface area contributed by atoms with Crippen LogP contribution in [0.3, 0.4) is 0 Å². The number of para-hydroxylation sites is 1. The molecule has 0 aromatic heterocycles. The summed E-state index contributed by atoms with van der Waals surface area (Å²) in [5.41, 5.74) is 6.79. The maximum atomic E-state index is 13.6. The van der Waals surface area contributed by atoms with Crippen molar-refractivity contribution in [2.75, 3.05) is 12.8 Å². The predicted octanol–water partition coefficient (Wildman–Crippen LogP) is 3.71. The van der Waals surface area contributed by atoms with E-state index in [0.29, 0.717) is 17.0 Å². The van der Waals surface area contributed by atoms with Gasteiger partial charge in [0.05, 0.1) is 7.11 Å². The van der Waals surface area contributed by atoms with Crippen molar-refractivity contribution >= 4 is 17.4 Å². The third kappa shape index (κ3) is 2.76. The minimum absolute atomic E-state index is 0.266. The lowest BCUT2D eigenvalue weighted by Gasteiger charge is -2.09. The van der Waals surface area contributed by atoms with Gasteiger partial charge in [-0.15, -0.1) is 11.8 Å². The second-order valence-electron chi connectivity index (χ2n) is 3.75. The Kier molecular flexibility index (Phi) is 4.10. The van der Waals surface area contributed by atoms with E-state index in [4.69, 9.17) is 10.5 Å². The van der Waals surface area contributed by atoms with Gasteiger partial charge in [-0.05, 0) is 24.3 Å². The van der Waals surface area contributed by atoms with Crippen molar-refractivity contribution in [3.05, 3.63) is 53.8 Å². The van der Waals surface area contributed by atoms with Crippen LogP contribution in [0.4, 0.5) is 10.1 Å². The first kappa shape index (κ1) is 12.8. The molecule has 0 amide bonds. The number of methoxy groups -OCH3 is 1. The highest BCUT2D eigenvalue weighted by Gasteiger charge is 2.08. The zero-order valence-electron chi connectivity index (χ0n) is 10.0. The second-order valence-corrected chi connectivity index (χ2v) is 4.76. The monoisotopic (exact) mass is 263 g/mol. The number of nitrogen functional groups attached to an aromatic ring is 1. The van der Waals surface area contributed by atoms with Crippen LogP contribution in [0.2, 0.25) is 0 Å². The second kappa shape index (κ2) is 5.78. The van der Waals surface area contributed by atoms with Crippen LogP contribution >= 0.6 is 11.8 Å². The largest absolute Gasteiger partial charge is 0.496 e. The van der Waals surface area contributed by atoms with E-state index >= 15 is 0 Å². The van der Waals surface area contributed by atoms with Crippen molar-refractivity contribution in [1.82, 2.24) is 0 Å². The molecule has 0 spiro atoms. The third-order valence-electron chi connectivity index (χ3n) is 2.60. The van der Waals surface area contributed by atoms with Crippen LogP contribution in [0, 0.1) is 5.82 Å². The van der Waals surface area contributed by atoms with Gasteiger partial charge in [0.25, 0.3) is 0 Å². The Morgan fingerprint density at radius 2 is 1.94 bits per heavy atom. The normalized spacial score (nSPS) is 10.3. The lowest BCUT2D eigenvalue weighted by molar-refractivity contribution is 0.405. The Morgan fingerprint density at radius 1 is 1.17 bits per heavy atom. The first-order chi connectivity index (χ1) is 8.72. The number of rotatable bonds is 4. The Labute approximate surface area is 110 Å². The third-order valence-corrected chi connectivity index (χ3v) is 3.68. The summed E-state index contributed by atoms with van der Waals surface area (Å²) in [6.45, 7) is 0. The maximum Gasteiger partial charge on any atom is 0.132 e. The van der Waals surface area contributed by atoms with Gasteiger partial charge >= 0.3 is 0 Å². The molecule has 0 heterocycles. The van der Waals surface area contributed by atoms with Crippen LogP contribution < -0.4 is 10.5 Å². The summed E-state index contributed by atoms with van der Waals surface area (Å²) in [5.74, 6) is 1.01. The van der Waals surface area contributed by atoms with Gasteiger partial charge in [-0.25, -0.2) is 4.39 Å². The van der Waals surface area contributed by atoms with E-state index < -0.39 is 0 Å². The average Bonchev–Trinajstić information content (AvgIpc) is 2.38. The quantitative estimate of drug-likeness (QED) is 0.674. The molecule has 0 aliphatic heterocycles. The van der Waals surface area contributed by atoms with Crippen molar-refractivity contribution in [3.8, 4) is 5.75 Å². The lowest BCUT2D eigenvalue weighted by Crippen LogP contribution is -1.96. The number of hydrogen-bond donors (Lipinski definition) is 1. The molecule has 0 bridgehead atoms. The molecular formula is C14H14FNOS. The molecule has 2 aromatic rings. The van der Waals surface area contributed by atoms with Gasteiger partial charge in [0.2, 0.25) is 0 Å². The van der Waals surface area contributed by atoms with Crippen LogP contribution in [-0.4, -0.2) is 7.11 Å². The molecule has 0 atom stereocenters. The van der Waals surface area contributed by atoms with Crippen LogP contribution in [0.1, 0.15) is 5.56 Å².